The summed E-state index contributed by atoms with van der Waals surface area (Å²) in [5.41, 5.74) is 2.21. The summed E-state index contributed by atoms with van der Waals surface area (Å²) in [5, 5.41) is 14.8. The van der Waals surface area contributed by atoms with Crippen LogP contribution in [0.3, 0.4) is 0 Å². The first-order valence-electron chi connectivity index (χ1n) is 8.83. The summed E-state index contributed by atoms with van der Waals surface area (Å²) in [5.74, 6) is 0.276. The first-order valence-corrected chi connectivity index (χ1v) is 8.83. The third-order valence-corrected chi connectivity index (χ3v) is 4.69. The van der Waals surface area contributed by atoms with Crippen molar-refractivity contribution in [1.29, 1.82) is 0 Å². The van der Waals surface area contributed by atoms with Crippen LogP contribution in [0.15, 0.2) is 30.3 Å². The highest BCUT2D eigenvalue weighted by atomic mass is 19.1. The lowest BCUT2D eigenvalue weighted by atomic mass is 10.2. The van der Waals surface area contributed by atoms with E-state index in [0.29, 0.717) is 18.3 Å². The molecule has 0 bridgehead atoms. The number of aliphatic hydroxyl groups excluding tert-OH is 1. The molecular formula is C19H26FN3O2. The van der Waals surface area contributed by atoms with Crippen molar-refractivity contribution in [3.8, 4) is 5.75 Å². The van der Waals surface area contributed by atoms with E-state index in [1.54, 1.807) is 12.1 Å². The van der Waals surface area contributed by atoms with Crippen LogP contribution >= 0.6 is 0 Å². The van der Waals surface area contributed by atoms with E-state index >= 15 is 0 Å². The number of hydrogen-bond acceptors (Lipinski definition) is 4. The number of β-amino-alcohol motifs (C(OH)–C–C–N with tert-alkyl or cyclic N) is 1. The number of ether oxygens (including phenoxy) is 1. The Labute approximate surface area is 148 Å². The SMILES string of the molecule is Cc1cc(C)n(C[C@H]2CCCN2C[C@H](O)COc2ccc(F)cc2)n1. The zero-order chi connectivity index (χ0) is 17.8. The van der Waals surface area contributed by atoms with Crippen molar-refractivity contribution in [2.24, 2.45) is 0 Å². The van der Waals surface area contributed by atoms with Crippen molar-refractivity contribution in [3.63, 3.8) is 0 Å². The summed E-state index contributed by atoms with van der Waals surface area (Å²) in [6, 6.07) is 8.33. The second-order valence-electron chi connectivity index (χ2n) is 6.82. The largest absolute Gasteiger partial charge is 0.491 e. The van der Waals surface area contributed by atoms with E-state index in [0.717, 1.165) is 31.6 Å². The van der Waals surface area contributed by atoms with Gasteiger partial charge in [0.15, 0.2) is 0 Å². The maximum atomic E-state index is 12.9. The Balaban J connectivity index is 1.50. The normalized spacial score (nSPS) is 19.3. The molecule has 0 amide bonds. The molecule has 1 fully saturated rings. The van der Waals surface area contributed by atoms with Gasteiger partial charge in [0.05, 0.1) is 12.2 Å². The van der Waals surface area contributed by atoms with Gasteiger partial charge in [-0.25, -0.2) is 4.39 Å². The topological polar surface area (TPSA) is 50.5 Å². The van der Waals surface area contributed by atoms with Crippen molar-refractivity contribution in [3.05, 3.63) is 47.5 Å². The highest BCUT2D eigenvalue weighted by molar-refractivity contribution is 5.22. The molecule has 0 saturated carbocycles. The lowest BCUT2D eigenvalue weighted by molar-refractivity contribution is 0.0608. The molecule has 0 radical (unpaired) electrons. The van der Waals surface area contributed by atoms with E-state index in [4.69, 9.17) is 4.74 Å². The monoisotopic (exact) mass is 347 g/mol. The molecule has 1 aromatic heterocycles. The first-order chi connectivity index (χ1) is 12.0. The Bertz CT molecular complexity index is 686. The summed E-state index contributed by atoms with van der Waals surface area (Å²) < 4.78 is 20.5. The van der Waals surface area contributed by atoms with Gasteiger partial charge in [-0.05, 0) is 63.6 Å². The lowest BCUT2D eigenvalue weighted by Gasteiger charge is -2.27. The predicted molar refractivity (Wildman–Crippen MR) is 94.2 cm³/mol. The average Bonchev–Trinajstić information content (AvgIpc) is 3.13. The predicted octanol–water partition coefficient (Wildman–Crippen LogP) is 2.54. The van der Waals surface area contributed by atoms with Gasteiger partial charge in [-0.3, -0.25) is 9.58 Å². The van der Waals surface area contributed by atoms with Crippen molar-refractivity contribution >= 4 is 0 Å². The Morgan fingerprint density at radius 2 is 2.08 bits per heavy atom. The summed E-state index contributed by atoms with van der Waals surface area (Å²) in [7, 11) is 0. The number of benzene rings is 1. The number of nitrogens with zero attached hydrogens (tertiary/aromatic N) is 3. The van der Waals surface area contributed by atoms with E-state index in [-0.39, 0.29) is 12.4 Å². The van der Waals surface area contributed by atoms with Crippen molar-refractivity contribution in [2.75, 3.05) is 19.7 Å². The van der Waals surface area contributed by atoms with Gasteiger partial charge >= 0.3 is 0 Å². The number of halogens is 1. The molecule has 1 saturated heterocycles. The Hall–Kier alpha value is -1.92. The molecule has 0 spiro atoms. The number of aliphatic hydroxyl groups is 1. The highest BCUT2D eigenvalue weighted by Crippen LogP contribution is 2.20. The minimum absolute atomic E-state index is 0.203. The van der Waals surface area contributed by atoms with Crippen molar-refractivity contribution < 1.29 is 14.2 Å². The van der Waals surface area contributed by atoms with Crippen molar-refractivity contribution in [2.45, 2.75) is 45.4 Å². The number of rotatable bonds is 7. The van der Waals surface area contributed by atoms with Crippen LogP contribution in [0.25, 0.3) is 0 Å². The van der Waals surface area contributed by atoms with Crippen LogP contribution in [0.2, 0.25) is 0 Å². The maximum absolute atomic E-state index is 12.9. The number of hydrogen-bond donors (Lipinski definition) is 1. The molecule has 1 N–H and O–H groups in total. The molecule has 25 heavy (non-hydrogen) atoms. The second-order valence-corrected chi connectivity index (χ2v) is 6.82. The third-order valence-electron chi connectivity index (χ3n) is 4.69. The summed E-state index contributed by atoms with van der Waals surface area (Å²) >= 11 is 0. The summed E-state index contributed by atoms with van der Waals surface area (Å²) in [6.07, 6.45) is 1.67. The fourth-order valence-corrected chi connectivity index (χ4v) is 3.45. The smallest absolute Gasteiger partial charge is 0.123 e. The highest BCUT2D eigenvalue weighted by Gasteiger charge is 2.27. The number of aromatic nitrogens is 2. The van der Waals surface area contributed by atoms with E-state index in [1.165, 1.54) is 17.8 Å². The van der Waals surface area contributed by atoms with Crippen LogP contribution in [0, 0.1) is 19.7 Å². The zero-order valence-corrected chi connectivity index (χ0v) is 14.9. The first kappa shape index (κ1) is 17.9. The molecule has 5 nitrogen and oxygen atoms in total. The molecule has 2 aromatic rings. The molecule has 1 aliphatic heterocycles. The fourth-order valence-electron chi connectivity index (χ4n) is 3.45. The second kappa shape index (κ2) is 7.97. The van der Waals surface area contributed by atoms with Gasteiger partial charge in [0.1, 0.15) is 24.3 Å². The Kier molecular flexibility index (Phi) is 5.71. The molecular weight excluding hydrogens is 321 g/mol. The van der Waals surface area contributed by atoms with E-state index < -0.39 is 6.10 Å². The van der Waals surface area contributed by atoms with Crippen LogP contribution in [-0.2, 0) is 6.54 Å². The quantitative estimate of drug-likeness (QED) is 0.836. The standard InChI is InChI=1S/C19H26FN3O2/c1-14-10-15(2)23(21-14)11-17-4-3-9-22(17)12-18(24)13-25-19-7-5-16(20)6-8-19/h5-8,10,17-18,24H,3-4,9,11-13H2,1-2H3/t17-,18+/m1/s1. The molecule has 3 rings (SSSR count). The number of likely N-dealkylation sites (tertiary alicyclic amines) is 1. The van der Waals surface area contributed by atoms with E-state index in [2.05, 4.69) is 27.7 Å². The third kappa shape index (κ3) is 4.80. The summed E-state index contributed by atoms with van der Waals surface area (Å²) in [6.45, 7) is 6.69. The molecule has 2 heterocycles. The molecule has 2 atom stereocenters. The molecule has 6 heteroatoms. The van der Waals surface area contributed by atoms with Gasteiger partial charge in [-0.15, -0.1) is 0 Å². The Morgan fingerprint density at radius 3 is 2.76 bits per heavy atom. The molecule has 136 valence electrons. The van der Waals surface area contributed by atoms with E-state index in [9.17, 15) is 9.50 Å². The van der Waals surface area contributed by atoms with Crippen LogP contribution in [0.1, 0.15) is 24.2 Å². The van der Waals surface area contributed by atoms with Gasteiger partial charge in [-0.1, -0.05) is 0 Å². The fraction of sp³-hybridized carbons (Fsp3) is 0.526. The maximum Gasteiger partial charge on any atom is 0.123 e. The Morgan fingerprint density at radius 1 is 1.32 bits per heavy atom. The average molecular weight is 347 g/mol. The summed E-state index contributed by atoms with van der Waals surface area (Å²) in [4.78, 5) is 2.31. The van der Waals surface area contributed by atoms with Crippen LogP contribution < -0.4 is 4.74 Å². The van der Waals surface area contributed by atoms with Gasteiger partial charge in [0.25, 0.3) is 0 Å². The van der Waals surface area contributed by atoms with Crippen molar-refractivity contribution in [1.82, 2.24) is 14.7 Å². The van der Waals surface area contributed by atoms with Gasteiger partial charge < -0.3 is 9.84 Å². The van der Waals surface area contributed by atoms with Crippen LogP contribution in [-0.4, -0.2) is 51.6 Å². The lowest BCUT2D eigenvalue weighted by Crippen LogP contribution is -2.40. The molecule has 0 unspecified atom stereocenters. The molecule has 1 aliphatic rings. The van der Waals surface area contributed by atoms with Gasteiger partial charge in [0, 0.05) is 18.3 Å². The van der Waals surface area contributed by atoms with E-state index in [1.807, 2.05) is 6.92 Å². The van der Waals surface area contributed by atoms with Crippen LogP contribution in [0.5, 0.6) is 5.75 Å². The van der Waals surface area contributed by atoms with Gasteiger partial charge in [0.2, 0.25) is 0 Å². The van der Waals surface area contributed by atoms with Gasteiger partial charge in [-0.2, -0.15) is 5.10 Å². The van der Waals surface area contributed by atoms with Crippen LogP contribution in [0.4, 0.5) is 4.39 Å². The minimum atomic E-state index is -0.578. The minimum Gasteiger partial charge on any atom is -0.491 e. The molecule has 0 aliphatic carbocycles. The zero-order valence-electron chi connectivity index (χ0n) is 14.9. The molecule has 1 aromatic carbocycles. The number of aryl methyl sites for hydroxylation is 2.